The molecule has 88 valence electrons. The Bertz CT molecular complexity index is 518. The number of hydrogen-bond acceptors (Lipinski definition) is 2. The van der Waals surface area contributed by atoms with Gasteiger partial charge in [-0.25, -0.2) is 0 Å². The van der Waals surface area contributed by atoms with E-state index < -0.39 is 0 Å². The van der Waals surface area contributed by atoms with Crippen molar-refractivity contribution in [2.45, 2.75) is 13.5 Å². The normalized spacial score (nSPS) is 10.3. The molecule has 0 fully saturated rings. The average Bonchev–Trinajstić information content (AvgIpc) is 2.39. The molecule has 0 saturated carbocycles. The van der Waals surface area contributed by atoms with Gasteiger partial charge in [0.25, 0.3) is 0 Å². The van der Waals surface area contributed by atoms with Gasteiger partial charge in [0, 0.05) is 0 Å². The standard InChI is InChI=1S/C15H16O2/c1-11-6-7-12(10-16)8-15(11)13-4-3-5-14(9-13)17-2/h3-9,16H,10H2,1-2H3. The van der Waals surface area contributed by atoms with Gasteiger partial charge in [0.1, 0.15) is 5.75 Å². The van der Waals surface area contributed by atoms with Crippen molar-refractivity contribution < 1.29 is 9.84 Å². The molecular weight excluding hydrogens is 212 g/mol. The minimum Gasteiger partial charge on any atom is -0.497 e. The Hall–Kier alpha value is -1.80. The Balaban J connectivity index is 2.50. The minimum absolute atomic E-state index is 0.0667. The van der Waals surface area contributed by atoms with Crippen molar-refractivity contribution in [2.24, 2.45) is 0 Å². The number of aliphatic hydroxyl groups is 1. The maximum Gasteiger partial charge on any atom is 0.119 e. The average molecular weight is 228 g/mol. The SMILES string of the molecule is COc1cccc(-c2cc(CO)ccc2C)c1. The first kappa shape index (κ1) is 11.7. The number of rotatable bonds is 3. The number of benzene rings is 2. The van der Waals surface area contributed by atoms with Gasteiger partial charge in [0.05, 0.1) is 13.7 Å². The fraction of sp³-hybridized carbons (Fsp3) is 0.200. The zero-order chi connectivity index (χ0) is 12.3. The number of aliphatic hydroxyl groups excluding tert-OH is 1. The Labute approximate surface area is 101 Å². The van der Waals surface area contributed by atoms with E-state index >= 15 is 0 Å². The molecule has 2 rings (SSSR count). The first-order valence-corrected chi connectivity index (χ1v) is 5.59. The van der Waals surface area contributed by atoms with Crippen molar-refractivity contribution >= 4 is 0 Å². The largest absolute Gasteiger partial charge is 0.497 e. The Morgan fingerprint density at radius 3 is 2.65 bits per heavy atom. The lowest BCUT2D eigenvalue weighted by molar-refractivity contribution is 0.282. The highest BCUT2D eigenvalue weighted by atomic mass is 16.5. The van der Waals surface area contributed by atoms with Crippen LogP contribution in [0.15, 0.2) is 42.5 Å². The van der Waals surface area contributed by atoms with Crippen LogP contribution in [0.4, 0.5) is 0 Å². The van der Waals surface area contributed by atoms with E-state index in [0.29, 0.717) is 0 Å². The van der Waals surface area contributed by atoms with Gasteiger partial charge in [0.15, 0.2) is 0 Å². The molecule has 0 atom stereocenters. The van der Waals surface area contributed by atoms with E-state index in [0.717, 1.165) is 22.4 Å². The van der Waals surface area contributed by atoms with Gasteiger partial charge >= 0.3 is 0 Å². The predicted molar refractivity (Wildman–Crippen MR) is 69.1 cm³/mol. The number of hydrogen-bond donors (Lipinski definition) is 1. The first-order chi connectivity index (χ1) is 8.24. The van der Waals surface area contributed by atoms with Gasteiger partial charge in [0.2, 0.25) is 0 Å². The summed E-state index contributed by atoms with van der Waals surface area (Å²) in [5, 5.41) is 9.18. The van der Waals surface area contributed by atoms with Crippen LogP contribution in [-0.2, 0) is 6.61 Å². The molecule has 0 unspecified atom stereocenters. The zero-order valence-electron chi connectivity index (χ0n) is 10.1. The summed E-state index contributed by atoms with van der Waals surface area (Å²) in [5.74, 6) is 0.844. The van der Waals surface area contributed by atoms with Crippen LogP contribution in [0.25, 0.3) is 11.1 Å². The van der Waals surface area contributed by atoms with Crippen molar-refractivity contribution in [3.05, 3.63) is 53.6 Å². The van der Waals surface area contributed by atoms with E-state index in [1.165, 1.54) is 5.56 Å². The van der Waals surface area contributed by atoms with Crippen molar-refractivity contribution in [1.82, 2.24) is 0 Å². The Kier molecular flexibility index (Phi) is 3.45. The molecule has 0 radical (unpaired) electrons. The topological polar surface area (TPSA) is 29.5 Å². The van der Waals surface area contributed by atoms with Crippen LogP contribution < -0.4 is 4.74 Å². The molecule has 0 bridgehead atoms. The maximum atomic E-state index is 9.18. The van der Waals surface area contributed by atoms with Crippen LogP contribution >= 0.6 is 0 Å². The quantitative estimate of drug-likeness (QED) is 0.874. The monoisotopic (exact) mass is 228 g/mol. The highest BCUT2D eigenvalue weighted by molar-refractivity contribution is 5.69. The Morgan fingerprint density at radius 2 is 1.94 bits per heavy atom. The summed E-state index contributed by atoms with van der Waals surface area (Å²) < 4.78 is 5.22. The van der Waals surface area contributed by atoms with Gasteiger partial charge in [-0.1, -0.05) is 24.3 Å². The molecular formula is C15H16O2. The molecule has 1 N–H and O–H groups in total. The molecule has 0 aromatic heterocycles. The van der Waals surface area contributed by atoms with E-state index in [1.807, 2.05) is 42.5 Å². The third-order valence-electron chi connectivity index (χ3n) is 2.87. The lowest BCUT2D eigenvalue weighted by Gasteiger charge is -2.09. The second-order valence-electron chi connectivity index (χ2n) is 4.04. The fourth-order valence-electron chi connectivity index (χ4n) is 1.87. The smallest absolute Gasteiger partial charge is 0.119 e. The second kappa shape index (κ2) is 5.02. The van der Waals surface area contributed by atoms with E-state index in [1.54, 1.807) is 7.11 Å². The van der Waals surface area contributed by atoms with Crippen LogP contribution in [0.2, 0.25) is 0 Å². The molecule has 2 aromatic carbocycles. The number of ether oxygens (including phenoxy) is 1. The lowest BCUT2D eigenvalue weighted by atomic mass is 9.98. The maximum absolute atomic E-state index is 9.18. The number of aryl methyl sites for hydroxylation is 1. The highest BCUT2D eigenvalue weighted by Gasteiger charge is 2.04. The van der Waals surface area contributed by atoms with Crippen molar-refractivity contribution in [3.8, 4) is 16.9 Å². The molecule has 0 aliphatic carbocycles. The molecule has 0 saturated heterocycles. The minimum atomic E-state index is 0.0667. The summed E-state index contributed by atoms with van der Waals surface area (Å²) in [4.78, 5) is 0. The summed E-state index contributed by atoms with van der Waals surface area (Å²) >= 11 is 0. The van der Waals surface area contributed by atoms with E-state index in [4.69, 9.17) is 4.74 Å². The zero-order valence-corrected chi connectivity index (χ0v) is 10.1. The summed E-state index contributed by atoms with van der Waals surface area (Å²) in [7, 11) is 1.66. The third kappa shape index (κ3) is 2.48. The van der Waals surface area contributed by atoms with Crippen LogP contribution in [0.5, 0.6) is 5.75 Å². The van der Waals surface area contributed by atoms with Crippen LogP contribution in [0.3, 0.4) is 0 Å². The molecule has 0 amide bonds. The van der Waals surface area contributed by atoms with Gasteiger partial charge in [-0.05, 0) is 47.4 Å². The molecule has 0 aliphatic heterocycles. The molecule has 17 heavy (non-hydrogen) atoms. The van der Waals surface area contributed by atoms with Crippen molar-refractivity contribution in [3.63, 3.8) is 0 Å². The first-order valence-electron chi connectivity index (χ1n) is 5.59. The molecule has 2 aromatic rings. The van der Waals surface area contributed by atoms with Gasteiger partial charge in [-0.2, -0.15) is 0 Å². The van der Waals surface area contributed by atoms with E-state index in [2.05, 4.69) is 6.92 Å². The van der Waals surface area contributed by atoms with Gasteiger partial charge in [-0.3, -0.25) is 0 Å². The van der Waals surface area contributed by atoms with Crippen LogP contribution in [0, 0.1) is 6.92 Å². The summed E-state index contributed by atoms with van der Waals surface area (Å²) in [6.07, 6.45) is 0. The molecule has 2 heteroatoms. The van der Waals surface area contributed by atoms with Gasteiger partial charge < -0.3 is 9.84 Å². The van der Waals surface area contributed by atoms with Gasteiger partial charge in [-0.15, -0.1) is 0 Å². The second-order valence-corrected chi connectivity index (χ2v) is 4.04. The number of methoxy groups -OCH3 is 1. The van der Waals surface area contributed by atoms with E-state index in [-0.39, 0.29) is 6.61 Å². The molecule has 2 nitrogen and oxygen atoms in total. The van der Waals surface area contributed by atoms with Crippen LogP contribution in [-0.4, -0.2) is 12.2 Å². The highest BCUT2D eigenvalue weighted by Crippen LogP contribution is 2.27. The van der Waals surface area contributed by atoms with E-state index in [9.17, 15) is 5.11 Å². The molecule has 0 aliphatic rings. The Morgan fingerprint density at radius 1 is 1.12 bits per heavy atom. The summed E-state index contributed by atoms with van der Waals surface area (Å²) in [6.45, 7) is 2.13. The molecule has 0 heterocycles. The lowest BCUT2D eigenvalue weighted by Crippen LogP contribution is -1.89. The third-order valence-corrected chi connectivity index (χ3v) is 2.87. The van der Waals surface area contributed by atoms with Crippen molar-refractivity contribution in [1.29, 1.82) is 0 Å². The predicted octanol–water partition coefficient (Wildman–Crippen LogP) is 3.16. The van der Waals surface area contributed by atoms with Crippen LogP contribution in [0.1, 0.15) is 11.1 Å². The fourth-order valence-corrected chi connectivity index (χ4v) is 1.87. The summed E-state index contributed by atoms with van der Waals surface area (Å²) in [5.41, 5.74) is 4.36. The molecule has 0 spiro atoms. The van der Waals surface area contributed by atoms with Crippen molar-refractivity contribution in [2.75, 3.05) is 7.11 Å². The summed E-state index contributed by atoms with van der Waals surface area (Å²) in [6, 6.07) is 13.9.